The molecular formula is C13H11Br2NO6. The standard InChI is InChI=1S/C13H11Br2NO6/c1-4-8(13(17)18)16-22-9(4)5-6(14)10(19-2)12-11(7(5)15)20-3-21-12/h4,9H,3H2,1-2H3,(H,17,18)/t4-,9-/m1/s1. The van der Waals surface area contributed by atoms with Crippen molar-refractivity contribution in [3.05, 3.63) is 14.5 Å². The number of nitrogens with zero attached hydrogens (tertiary/aromatic N) is 1. The van der Waals surface area contributed by atoms with Gasteiger partial charge in [0.15, 0.2) is 23.3 Å². The van der Waals surface area contributed by atoms with Crippen molar-refractivity contribution in [1.82, 2.24) is 0 Å². The minimum atomic E-state index is -1.10. The number of rotatable bonds is 3. The number of aliphatic carboxylic acids is 1. The molecule has 7 nitrogen and oxygen atoms in total. The zero-order chi connectivity index (χ0) is 16.0. The summed E-state index contributed by atoms with van der Waals surface area (Å²) in [6, 6.07) is 0. The topological polar surface area (TPSA) is 86.6 Å². The van der Waals surface area contributed by atoms with E-state index in [1.165, 1.54) is 7.11 Å². The molecule has 0 bridgehead atoms. The maximum Gasteiger partial charge on any atom is 0.354 e. The Morgan fingerprint density at radius 1 is 1.32 bits per heavy atom. The predicted molar refractivity (Wildman–Crippen MR) is 82.6 cm³/mol. The Morgan fingerprint density at radius 3 is 2.59 bits per heavy atom. The van der Waals surface area contributed by atoms with Gasteiger partial charge < -0.3 is 24.2 Å². The zero-order valence-corrected chi connectivity index (χ0v) is 14.7. The lowest BCUT2D eigenvalue weighted by Crippen LogP contribution is -2.22. The molecule has 0 aliphatic carbocycles. The third-order valence-corrected chi connectivity index (χ3v) is 5.12. The fourth-order valence-electron chi connectivity index (χ4n) is 2.45. The molecule has 0 radical (unpaired) electrons. The maximum atomic E-state index is 11.2. The van der Waals surface area contributed by atoms with E-state index in [0.29, 0.717) is 31.8 Å². The molecule has 118 valence electrons. The third kappa shape index (κ3) is 2.14. The van der Waals surface area contributed by atoms with Crippen LogP contribution in [0.3, 0.4) is 0 Å². The highest BCUT2D eigenvalue weighted by molar-refractivity contribution is 9.11. The fraction of sp³-hybridized carbons (Fsp3) is 0.385. The monoisotopic (exact) mass is 435 g/mol. The van der Waals surface area contributed by atoms with Crippen LogP contribution in [-0.2, 0) is 9.63 Å². The van der Waals surface area contributed by atoms with Gasteiger partial charge in [0, 0.05) is 5.56 Å². The van der Waals surface area contributed by atoms with E-state index in [2.05, 4.69) is 37.0 Å². The van der Waals surface area contributed by atoms with Crippen LogP contribution in [0.25, 0.3) is 0 Å². The van der Waals surface area contributed by atoms with Crippen molar-refractivity contribution in [3.8, 4) is 17.2 Å². The van der Waals surface area contributed by atoms with Crippen LogP contribution in [0.2, 0.25) is 0 Å². The van der Waals surface area contributed by atoms with Crippen molar-refractivity contribution in [3.63, 3.8) is 0 Å². The first-order valence-corrected chi connectivity index (χ1v) is 7.87. The van der Waals surface area contributed by atoms with Gasteiger partial charge in [-0.1, -0.05) is 12.1 Å². The number of ether oxygens (including phenoxy) is 3. The van der Waals surface area contributed by atoms with Crippen LogP contribution in [0, 0.1) is 5.92 Å². The molecular weight excluding hydrogens is 426 g/mol. The SMILES string of the molecule is COc1c(Br)c([C@@H]2ON=C(C(=O)O)[C@H]2C)c(Br)c2c1OCO2. The number of benzene rings is 1. The van der Waals surface area contributed by atoms with Crippen LogP contribution in [0.4, 0.5) is 0 Å². The van der Waals surface area contributed by atoms with Gasteiger partial charge in [-0.15, -0.1) is 0 Å². The van der Waals surface area contributed by atoms with Crippen LogP contribution in [0.5, 0.6) is 17.2 Å². The van der Waals surface area contributed by atoms with Gasteiger partial charge in [0.25, 0.3) is 0 Å². The summed E-state index contributed by atoms with van der Waals surface area (Å²) in [5.74, 6) is -0.0972. The number of fused-ring (bicyclic) bond motifs is 1. The maximum absolute atomic E-state index is 11.2. The Labute approximate surface area is 142 Å². The number of oxime groups is 1. The smallest absolute Gasteiger partial charge is 0.354 e. The molecule has 0 saturated carbocycles. The highest BCUT2D eigenvalue weighted by Crippen LogP contribution is 2.55. The molecule has 0 aromatic heterocycles. The molecule has 2 atom stereocenters. The summed E-state index contributed by atoms with van der Waals surface area (Å²) < 4.78 is 17.5. The molecule has 22 heavy (non-hydrogen) atoms. The number of halogens is 2. The van der Waals surface area contributed by atoms with Gasteiger partial charge in [-0.25, -0.2) is 4.79 Å². The number of hydrogen-bond acceptors (Lipinski definition) is 6. The molecule has 1 aromatic rings. The molecule has 0 unspecified atom stereocenters. The van der Waals surface area contributed by atoms with Crippen molar-refractivity contribution < 1.29 is 28.9 Å². The van der Waals surface area contributed by atoms with Gasteiger partial charge in [-0.3, -0.25) is 0 Å². The first-order chi connectivity index (χ1) is 10.5. The molecule has 0 saturated heterocycles. The van der Waals surface area contributed by atoms with Gasteiger partial charge in [-0.05, 0) is 31.9 Å². The van der Waals surface area contributed by atoms with E-state index in [4.69, 9.17) is 24.2 Å². The molecule has 1 aromatic carbocycles. The Kier molecular flexibility index (Phi) is 3.94. The van der Waals surface area contributed by atoms with E-state index < -0.39 is 18.0 Å². The Hall–Kier alpha value is -1.48. The van der Waals surface area contributed by atoms with Crippen molar-refractivity contribution in [1.29, 1.82) is 0 Å². The van der Waals surface area contributed by atoms with E-state index in [1.807, 2.05) is 0 Å². The minimum absolute atomic E-state index is 0.0274. The van der Waals surface area contributed by atoms with Crippen molar-refractivity contribution >= 4 is 43.5 Å². The van der Waals surface area contributed by atoms with Crippen molar-refractivity contribution in [2.24, 2.45) is 11.1 Å². The summed E-state index contributed by atoms with van der Waals surface area (Å²) >= 11 is 6.94. The lowest BCUT2D eigenvalue weighted by molar-refractivity contribution is -0.129. The molecule has 0 spiro atoms. The first kappa shape index (κ1) is 15.4. The molecule has 9 heteroatoms. The number of carboxylic acid groups (broad SMARTS) is 1. The number of carboxylic acids is 1. The third-order valence-electron chi connectivity index (χ3n) is 3.55. The van der Waals surface area contributed by atoms with E-state index in [9.17, 15) is 4.79 Å². The van der Waals surface area contributed by atoms with Crippen molar-refractivity contribution in [2.75, 3.05) is 13.9 Å². The summed E-state index contributed by atoms with van der Waals surface area (Å²) in [5.41, 5.74) is 0.633. The lowest BCUT2D eigenvalue weighted by Gasteiger charge is -2.20. The molecule has 2 aliphatic heterocycles. The molecule has 0 amide bonds. The van der Waals surface area contributed by atoms with Gasteiger partial charge >= 0.3 is 5.97 Å². The van der Waals surface area contributed by atoms with Crippen LogP contribution < -0.4 is 14.2 Å². The fourth-order valence-corrected chi connectivity index (χ4v) is 4.20. The van der Waals surface area contributed by atoms with Crippen LogP contribution in [0.15, 0.2) is 14.1 Å². The van der Waals surface area contributed by atoms with Crippen molar-refractivity contribution in [2.45, 2.75) is 13.0 Å². The van der Waals surface area contributed by atoms with E-state index in [1.54, 1.807) is 6.92 Å². The highest BCUT2D eigenvalue weighted by atomic mass is 79.9. The Balaban J connectivity index is 2.11. The largest absolute Gasteiger partial charge is 0.492 e. The predicted octanol–water partition coefficient (Wildman–Crippen LogP) is 3.10. The molecule has 2 heterocycles. The summed E-state index contributed by atoms with van der Waals surface area (Å²) in [4.78, 5) is 16.5. The molecule has 0 fully saturated rings. The van der Waals surface area contributed by atoms with E-state index in [-0.39, 0.29) is 12.5 Å². The minimum Gasteiger partial charge on any atom is -0.492 e. The number of methoxy groups -OCH3 is 1. The number of hydrogen-bond donors (Lipinski definition) is 1. The lowest BCUT2D eigenvalue weighted by atomic mass is 9.93. The van der Waals surface area contributed by atoms with Gasteiger partial charge in [0.1, 0.15) is 0 Å². The Morgan fingerprint density at radius 2 is 2.00 bits per heavy atom. The summed E-state index contributed by atoms with van der Waals surface area (Å²) in [6.07, 6.45) is -0.585. The normalized spacial score (nSPS) is 22.3. The van der Waals surface area contributed by atoms with E-state index in [0.717, 1.165) is 0 Å². The summed E-state index contributed by atoms with van der Waals surface area (Å²) in [7, 11) is 1.51. The average Bonchev–Trinajstić information content (AvgIpc) is 3.07. The van der Waals surface area contributed by atoms with Crippen LogP contribution in [-0.4, -0.2) is 30.7 Å². The van der Waals surface area contributed by atoms with Crippen LogP contribution in [0.1, 0.15) is 18.6 Å². The Bertz CT molecular complexity index is 690. The van der Waals surface area contributed by atoms with E-state index >= 15 is 0 Å². The first-order valence-electron chi connectivity index (χ1n) is 6.28. The van der Waals surface area contributed by atoms with Crippen LogP contribution >= 0.6 is 31.9 Å². The number of carbonyl (C=O) groups is 1. The molecule has 2 aliphatic rings. The molecule has 1 N–H and O–H groups in total. The highest BCUT2D eigenvalue weighted by Gasteiger charge is 2.41. The second-order valence-electron chi connectivity index (χ2n) is 4.74. The second-order valence-corrected chi connectivity index (χ2v) is 6.32. The molecule has 3 rings (SSSR count). The van der Waals surface area contributed by atoms with Gasteiger partial charge in [-0.2, -0.15) is 0 Å². The summed E-state index contributed by atoms with van der Waals surface area (Å²) in [6.45, 7) is 1.82. The zero-order valence-electron chi connectivity index (χ0n) is 11.6. The summed E-state index contributed by atoms with van der Waals surface area (Å²) in [5, 5.41) is 12.8. The quantitative estimate of drug-likeness (QED) is 0.783. The average molecular weight is 437 g/mol. The second kappa shape index (κ2) is 5.62. The van der Waals surface area contributed by atoms with Gasteiger partial charge in [0.2, 0.25) is 12.5 Å². The van der Waals surface area contributed by atoms with Gasteiger partial charge in [0.05, 0.1) is 22.0 Å².